The first-order valence-corrected chi connectivity index (χ1v) is 10.00. The van der Waals surface area contributed by atoms with E-state index < -0.39 is 26.6 Å². The number of halogens is 4. The average molecular weight is 423 g/mol. The van der Waals surface area contributed by atoms with Crippen LogP contribution >= 0.6 is 11.6 Å². The van der Waals surface area contributed by atoms with Crippen molar-refractivity contribution in [1.82, 2.24) is 4.31 Å². The summed E-state index contributed by atoms with van der Waals surface area (Å²) in [5.41, 5.74) is 4.90. The Labute approximate surface area is 160 Å². The maximum Gasteiger partial charge on any atom is 0.416 e. The van der Waals surface area contributed by atoms with Crippen LogP contribution in [-0.2, 0) is 14.8 Å². The lowest BCUT2D eigenvalue weighted by molar-refractivity contribution is -0.0876. The number of hydrogen-bond acceptors (Lipinski definition) is 4. The highest BCUT2D eigenvalue weighted by Crippen LogP contribution is 2.44. The summed E-state index contributed by atoms with van der Waals surface area (Å²) in [6, 6.07) is 6.08. The third-order valence-corrected chi connectivity index (χ3v) is 7.18. The molecule has 0 amide bonds. The molecule has 1 aliphatic heterocycles. The van der Waals surface area contributed by atoms with Crippen LogP contribution in [0, 0.1) is 0 Å². The van der Waals surface area contributed by atoms with Crippen molar-refractivity contribution in [2.24, 2.45) is 5.73 Å². The molecule has 1 aliphatic carbocycles. The quantitative estimate of drug-likeness (QED) is 0.813. The first kappa shape index (κ1) is 20.3. The van der Waals surface area contributed by atoms with Gasteiger partial charge in [-0.25, -0.2) is 8.42 Å². The zero-order valence-corrected chi connectivity index (χ0v) is 15.7. The number of nitrogens with zero attached hydrogens (tertiary/aromatic N) is 1. The molecule has 2 N–H and O–H groups in total. The molecule has 1 heterocycles. The van der Waals surface area contributed by atoms with Crippen LogP contribution in [0.15, 0.2) is 42.0 Å². The molecule has 10 heteroatoms. The Morgan fingerprint density at radius 3 is 2.41 bits per heavy atom. The number of alkyl halides is 3. The first-order valence-electron chi connectivity index (χ1n) is 8.18. The molecule has 1 aromatic carbocycles. The number of allylic oxidation sites excluding steroid dienone is 2. The summed E-state index contributed by atoms with van der Waals surface area (Å²) in [5.74, 6) is 0. The molecule has 0 aromatic heterocycles. The second-order valence-corrected chi connectivity index (χ2v) is 8.96. The van der Waals surface area contributed by atoms with Crippen LogP contribution in [0.3, 0.4) is 0 Å². The fourth-order valence-electron chi connectivity index (χ4n) is 3.13. The number of morpholine rings is 1. The van der Waals surface area contributed by atoms with Crippen molar-refractivity contribution >= 4 is 27.2 Å². The zero-order valence-electron chi connectivity index (χ0n) is 14.2. The molecule has 1 saturated heterocycles. The molecule has 1 aromatic rings. The van der Waals surface area contributed by atoms with E-state index in [2.05, 4.69) is 0 Å². The molecule has 1 atom stereocenters. The lowest BCUT2D eigenvalue weighted by Crippen LogP contribution is -2.56. The Morgan fingerprint density at radius 1 is 1.19 bits per heavy atom. The Kier molecular flexibility index (Phi) is 5.44. The number of ether oxygens (including phenoxy) is 1. The van der Waals surface area contributed by atoms with Gasteiger partial charge in [-0.15, -0.1) is 0 Å². The molecule has 0 spiro atoms. The van der Waals surface area contributed by atoms with Gasteiger partial charge in [-0.2, -0.15) is 17.5 Å². The Bertz CT molecular complexity index is 893. The van der Waals surface area contributed by atoms with Crippen LogP contribution in [0.2, 0.25) is 5.02 Å². The van der Waals surface area contributed by atoms with E-state index >= 15 is 0 Å². The van der Waals surface area contributed by atoms with E-state index in [0.29, 0.717) is 6.08 Å². The monoisotopic (exact) mass is 422 g/mol. The topological polar surface area (TPSA) is 72.6 Å². The first-order chi connectivity index (χ1) is 12.6. The maximum absolute atomic E-state index is 13.7. The summed E-state index contributed by atoms with van der Waals surface area (Å²) in [6.07, 6.45) is -3.29. The molecular formula is C17H18ClF3N2O3S. The molecule has 3 rings (SSSR count). The van der Waals surface area contributed by atoms with Gasteiger partial charge in [0.2, 0.25) is 10.0 Å². The van der Waals surface area contributed by atoms with E-state index in [1.165, 1.54) is 18.2 Å². The van der Waals surface area contributed by atoms with Gasteiger partial charge in [-0.05, 0) is 17.7 Å². The Balaban J connectivity index is 2.07. The molecule has 0 saturated carbocycles. The third-order valence-electron chi connectivity index (χ3n) is 4.56. The summed E-state index contributed by atoms with van der Waals surface area (Å²) in [6.45, 7) is 0.451. The average Bonchev–Trinajstić information content (AvgIpc) is 2.62. The van der Waals surface area contributed by atoms with Gasteiger partial charge in [0.1, 0.15) is 0 Å². The summed E-state index contributed by atoms with van der Waals surface area (Å²) < 4.78 is 73.3. The maximum atomic E-state index is 13.7. The fraction of sp³-hybridized carbons (Fsp3) is 0.412. The number of sulfonamides is 1. The van der Waals surface area contributed by atoms with Crippen LogP contribution < -0.4 is 5.73 Å². The summed E-state index contributed by atoms with van der Waals surface area (Å²) in [5, 5.41) is 0.138. The highest BCUT2D eigenvalue weighted by Gasteiger charge is 2.48. The van der Waals surface area contributed by atoms with Crippen molar-refractivity contribution in [3.8, 4) is 0 Å². The van der Waals surface area contributed by atoms with Crippen LogP contribution in [-0.4, -0.2) is 50.1 Å². The molecule has 1 fully saturated rings. The SMILES string of the molecule is NC1(S(=O)(=O)N2CCOCC2)C=C(C(F)(F)F)C(c2ccccc2Cl)=CC1. The summed E-state index contributed by atoms with van der Waals surface area (Å²) >= 11 is 6.05. The molecule has 0 radical (unpaired) electrons. The molecule has 148 valence electrons. The normalized spacial score (nSPS) is 25.1. The molecule has 27 heavy (non-hydrogen) atoms. The van der Waals surface area contributed by atoms with Crippen molar-refractivity contribution in [3.63, 3.8) is 0 Å². The zero-order chi connectivity index (χ0) is 19.9. The predicted molar refractivity (Wildman–Crippen MR) is 96.4 cm³/mol. The van der Waals surface area contributed by atoms with Crippen LogP contribution in [0.5, 0.6) is 0 Å². The van der Waals surface area contributed by atoms with Crippen LogP contribution in [0.1, 0.15) is 12.0 Å². The standard InChI is InChI=1S/C17H18ClF3N2O3S/c18-15-4-2-1-3-13(15)12-5-6-16(22,11-14(12)17(19,20)21)27(24,25)23-7-9-26-10-8-23/h1-5,11H,6-10,22H2. The van der Waals surface area contributed by atoms with E-state index in [9.17, 15) is 21.6 Å². The van der Waals surface area contributed by atoms with Crippen LogP contribution in [0.4, 0.5) is 13.2 Å². The Hall–Kier alpha value is -1.39. The minimum atomic E-state index is -4.80. The number of benzene rings is 1. The number of nitrogens with two attached hydrogens (primary N) is 1. The molecular weight excluding hydrogens is 405 g/mol. The van der Waals surface area contributed by atoms with Gasteiger partial charge >= 0.3 is 6.18 Å². The van der Waals surface area contributed by atoms with Gasteiger partial charge in [0, 0.05) is 30.1 Å². The van der Waals surface area contributed by atoms with E-state index in [1.54, 1.807) is 12.1 Å². The van der Waals surface area contributed by atoms with Crippen molar-refractivity contribution in [3.05, 3.63) is 52.6 Å². The van der Waals surface area contributed by atoms with Crippen molar-refractivity contribution in [1.29, 1.82) is 0 Å². The lowest BCUT2D eigenvalue weighted by atomic mass is 9.89. The van der Waals surface area contributed by atoms with Gasteiger partial charge in [0.15, 0.2) is 4.87 Å². The fourth-order valence-corrected chi connectivity index (χ4v) is 5.04. The van der Waals surface area contributed by atoms with Crippen LogP contribution in [0.25, 0.3) is 5.57 Å². The summed E-state index contributed by atoms with van der Waals surface area (Å²) in [7, 11) is -4.22. The Morgan fingerprint density at radius 2 is 1.81 bits per heavy atom. The van der Waals surface area contributed by atoms with Gasteiger partial charge in [0.05, 0.1) is 18.8 Å². The van der Waals surface area contributed by atoms with E-state index in [0.717, 1.165) is 4.31 Å². The minimum absolute atomic E-state index is 0.0531. The lowest BCUT2D eigenvalue weighted by Gasteiger charge is -2.37. The van der Waals surface area contributed by atoms with Crippen molar-refractivity contribution in [2.45, 2.75) is 17.5 Å². The molecule has 0 bridgehead atoms. The van der Waals surface area contributed by atoms with E-state index in [-0.39, 0.29) is 48.9 Å². The van der Waals surface area contributed by atoms with Gasteiger partial charge in [-0.3, -0.25) is 0 Å². The van der Waals surface area contributed by atoms with Gasteiger partial charge in [0.25, 0.3) is 0 Å². The van der Waals surface area contributed by atoms with E-state index in [1.807, 2.05) is 0 Å². The predicted octanol–water partition coefficient (Wildman–Crippen LogP) is 2.93. The molecule has 2 aliphatic rings. The van der Waals surface area contributed by atoms with E-state index in [4.69, 9.17) is 22.1 Å². The second kappa shape index (κ2) is 7.21. The highest BCUT2D eigenvalue weighted by atomic mass is 35.5. The number of rotatable bonds is 3. The van der Waals surface area contributed by atoms with Gasteiger partial charge < -0.3 is 10.5 Å². The minimum Gasteiger partial charge on any atom is -0.379 e. The third kappa shape index (κ3) is 3.79. The summed E-state index contributed by atoms with van der Waals surface area (Å²) in [4.78, 5) is -2.19. The highest BCUT2D eigenvalue weighted by molar-refractivity contribution is 7.90. The van der Waals surface area contributed by atoms with Crippen molar-refractivity contribution in [2.75, 3.05) is 26.3 Å². The number of hydrogen-bond donors (Lipinski definition) is 1. The van der Waals surface area contributed by atoms with Gasteiger partial charge in [-0.1, -0.05) is 35.9 Å². The second-order valence-electron chi connectivity index (χ2n) is 6.33. The largest absolute Gasteiger partial charge is 0.416 e. The molecule has 1 unspecified atom stereocenters. The smallest absolute Gasteiger partial charge is 0.379 e. The molecule has 5 nitrogen and oxygen atoms in total. The van der Waals surface area contributed by atoms with Crippen molar-refractivity contribution < 1.29 is 26.3 Å².